The molecular weight excluding hydrogens is 456 g/mol. The molecule has 0 radical (unpaired) electrons. The van der Waals surface area contributed by atoms with Crippen LogP contribution in [0.15, 0.2) is 54.1 Å². The Balaban J connectivity index is 1.98. The molecule has 0 aliphatic carbocycles. The quantitative estimate of drug-likeness (QED) is 0.122. The number of aliphatic hydroxyl groups is 1. The number of amides is 1. The van der Waals surface area contributed by atoms with Gasteiger partial charge in [0, 0.05) is 30.7 Å². The van der Waals surface area contributed by atoms with E-state index in [1.807, 2.05) is 6.92 Å². The fourth-order valence-corrected chi connectivity index (χ4v) is 4.00. The van der Waals surface area contributed by atoms with Crippen molar-refractivity contribution in [2.45, 2.75) is 38.6 Å². The molecule has 0 saturated carbocycles. The second-order valence-electron chi connectivity index (χ2n) is 8.00. The number of unbranched alkanes of at least 4 members (excludes halogenated alkanes) is 2. The van der Waals surface area contributed by atoms with Gasteiger partial charge < -0.3 is 19.8 Å². The first-order chi connectivity index (χ1) is 16.7. The van der Waals surface area contributed by atoms with Crippen molar-refractivity contribution in [3.63, 3.8) is 0 Å². The van der Waals surface area contributed by atoms with E-state index in [0.717, 1.165) is 0 Å². The summed E-state index contributed by atoms with van der Waals surface area (Å²) in [5.74, 6) is -2.35. The highest BCUT2D eigenvalue weighted by atomic mass is 16.6. The number of carbonyl (C=O) groups is 3. The molecule has 1 saturated heterocycles. The zero-order valence-corrected chi connectivity index (χ0v) is 19.2. The van der Waals surface area contributed by atoms with Gasteiger partial charge in [-0.05, 0) is 49.6 Å². The maximum absolute atomic E-state index is 13.0. The molecule has 184 valence electrons. The number of rotatable bonds is 11. The first kappa shape index (κ1) is 25.4. The number of ketones is 1. The number of carboxylic acids is 1. The maximum Gasteiger partial charge on any atom is 0.303 e. The summed E-state index contributed by atoms with van der Waals surface area (Å²) in [7, 11) is 0. The highest BCUT2D eigenvalue weighted by Gasteiger charge is 2.45. The van der Waals surface area contributed by atoms with Gasteiger partial charge >= 0.3 is 5.97 Å². The molecule has 2 aromatic rings. The van der Waals surface area contributed by atoms with Crippen molar-refractivity contribution in [3.05, 3.63) is 75.3 Å². The zero-order valence-electron chi connectivity index (χ0n) is 19.2. The summed E-state index contributed by atoms with van der Waals surface area (Å²) in [5, 5.41) is 30.8. The van der Waals surface area contributed by atoms with E-state index in [9.17, 15) is 29.6 Å². The van der Waals surface area contributed by atoms with Crippen molar-refractivity contribution in [2.75, 3.05) is 13.2 Å². The molecule has 35 heavy (non-hydrogen) atoms. The van der Waals surface area contributed by atoms with Crippen LogP contribution in [0.2, 0.25) is 0 Å². The third kappa shape index (κ3) is 5.84. The second-order valence-corrected chi connectivity index (χ2v) is 8.00. The predicted octanol–water partition coefficient (Wildman–Crippen LogP) is 4.06. The number of aliphatic carboxylic acids is 1. The minimum absolute atomic E-state index is 0.0152. The van der Waals surface area contributed by atoms with E-state index in [1.165, 1.54) is 29.2 Å². The Morgan fingerprint density at radius 2 is 1.69 bits per heavy atom. The standard InChI is InChI=1S/C25H26N2O8/c1-2-35-19-13-9-16(10-14-19)22-21(23(30)17-7-11-18(12-8-17)27(33)34)24(31)25(32)26(22)15-5-3-4-6-20(28)29/h7-14,22,30H,2-6,15H2,1H3,(H,28,29)/b23-21-. The number of carboxylic acid groups (broad SMARTS) is 1. The van der Waals surface area contributed by atoms with E-state index in [1.54, 1.807) is 24.3 Å². The Bertz CT molecular complexity index is 1140. The third-order valence-electron chi connectivity index (χ3n) is 5.69. The second kappa shape index (κ2) is 11.3. The summed E-state index contributed by atoms with van der Waals surface area (Å²) >= 11 is 0. The number of likely N-dealkylation sites (tertiary alicyclic amines) is 1. The van der Waals surface area contributed by atoms with Crippen LogP contribution in [0.1, 0.15) is 49.8 Å². The first-order valence-corrected chi connectivity index (χ1v) is 11.2. The van der Waals surface area contributed by atoms with Crippen LogP contribution in [0.5, 0.6) is 5.75 Å². The molecule has 0 bridgehead atoms. The van der Waals surface area contributed by atoms with Crippen LogP contribution in [-0.2, 0) is 14.4 Å². The number of carbonyl (C=O) groups excluding carboxylic acids is 2. The van der Waals surface area contributed by atoms with Crippen molar-refractivity contribution in [2.24, 2.45) is 0 Å². The van der Waals surface area contributed by atoms with Crippen LogP contribution in [0, 0.1) is 10.1 Å². The van der Waals surface area contributed by atoms with Crippen LogP contribution < -0.4 is 4.74 Å². The zero-order chi connectivity index (χ0) is 25.5. The number of nitrogens with zero attached hydrogens (tertiary/aromatic N) is 2. The number of Topliss-reactive ketones (excluding diaryl/α,β-unsaturated/α-hetero) is 1. The Hall–Kier alpha value is -4.21. The molecule has 0 aromatic heterocycles. The molecule has 2 N–H and O–H groups in total. The summed E-state index contributed by atoms with van der Waals surface area (Å²) in [6.45, 7) is 2.50. The van der Waals surface area contributed by atoms with Gasteiger partial charge in [-0.25, -0.2) is 0 Å². The van der Waals surface area contributed by atoms with Crippen molar-refractivity contribution in [1.29, 1.82) is 0 Å². The Labute approximate surface area is 201 Å². The van der Waals surface area contributed by atoms with Crippen molar-refractivity contribution < 1.29 is 34.3 Å². The molecule has 10 nitrogen and oxygen atoms in total. The monoisotopic (exact) mass is 482 g/mol. The Kier molecular flexibility index (Phi) is 8.19. The van der Waals surface area contributed by atoms with Gasteiger partial charge in [0.1, 0.15) is 11.5 Å². The molecule has 3 rings (SSSR count). The summed E-state index contributed by atoms with van der Waals surface area (Å²) in [6.07, 6.45) is 1.48. The predicted molar refractivity (Wildman–Crippen MR) is 126 cm³/mol. The lowest BCUT2D eigenvalue weighted by atomic mass is 9.95. The van der Waals surface area contributed by atoms with Crippen molar-refractivity contribution in [3.8, 4) is 5.75 Å². The lowest BCUT2D eigenvalue weighted by Crippen LogP contribution is -2.30. The molecule has 1 aliphatic heterocycles. The largest absolute Gasteiger partial charge is 0.507 e. The Morgan fingerprint density at radius 1 is 1.03 bits per heavy atom. The molecular formula is C25H26N2O8. The minimum atomic E-state index is -0.900. The number of ether oxygens (including phenoxy) is 1. The average Bonchev–Trinajstić information content (AvgIpc) is 3.09. The summed E-state index contributed by atoms with van der Waals surface area (Å²) in [6, 6.07) is 11.0. The lowest BCUT2D eigenvalue weighted by Gasteiger charge is -2.25. The van der Waals surface area contributed by atoms with E-state index in [0.29, 0.717) is 37.2 Å². The molecule has 0 spiro atoms. The van der Waals surface area contributed by atoms with Crippen molar-refractivity contribution in [1.82, 2.24) is 4.90 Å². The third-order valence-corrected chi connectivity index (χ3v) is 5.69. The maximum atomic E-state index is 13.0. The number of nitro benzene ring substituents is 1. The minimum Gasteiger partial charge on any atom is -0.507 e. The molecule has 1 aliphatic rings. The molecule has 1 atom stereocenters. The van der Waals surface area contributed by atoms with E-state index in [-0.39, 0.29) is 29.8 Å². The molecule has 1 heterocycles. The normalized spacial score (nSPS) is 16.9. The molecule has 10 heteroatoms. The van der Waals surface area contributed by atoms with Crippen molar-refractivity contribution >= 4 is 29.1 Å². The van der Waals surface area contributed by atoms with Crippen LogP contribution in [0.3, 0.4) is 0 Å². The van der Waals surface area contributed by atoms with Gasteiger partial charge in [0.05, 0.1) is 23.1 Å². The van der Waals surface area contributed by atoms with Gasteiger partial charge in [-0.1, -0.05) is 18.6 Å². The molecule has 2 aromatic carbocycles. The van der Waals surface area contributed by atoms with Gasteiger partial charge in [0.15, 0.2) is 0 Å². The van der Waals surface area contributed by atoms with Gasteiger partial charge in [0.25, 0.3) is 17.4 Å². The highest BCUT2D eigenvalue weighted by molar-refractivity contribution is 6.46. The Morgan fingerprint density at radius 3 is 2.26 bits per heavy atom. The van der Waals surface area contributed by atoms with E-state index >= 15 is 0 Å². The topological polar surface area (TPSA) is 147 Å². The van der Waals surface area contributed by atoms with Crippen LogP contribution >= 0.6 is 0 Å². The van der Waals surface area contributed by atoms with Gasteiger partial charge in [-0.3, -0.25) is 24.5 Å². The van der Waals surface area contributed by atoms with E-state index < -0.39 is 34.4 Å². The van der Waals surface area contributed by atoms with Gasteiger partial charge in [-0.2, -0.15) is 0 Å². The average molecular weight is 482 g/mol. The number of non-ortho nitro benzene ring substituents is 1. The SMILES string of the molecule is CCOc1ccc(C2/C(=C(/O)c3ccc([N+](=O)[O-])cc3)C(=O)C(=O)N2CCCCCC(=O)O)cc1. The fourth-order valence-electron chi connectivity index (χ4n) is 4.00. The summed E-state index contributed by atoms with van der Waals surface area (Å²) < 4.78 is 5.47. The number of hydrogen-bond acceptors (Lipinski definition) is 7. The van der Waals surface area contributed by atoms with Gasteiger partial charge in [-0.15, -0.1) is 0 Å². The number of aliphatic hydroxyl groups excluding tert-OH is 1. The smallest absolute Gasteiger partial charge is 0.303 e. The number of nitro groups is 1. The fraction of sp³-hybridized carbons (Fsp3) is 0.320. The van der Waals surface area contributed by atoms with Crippen LogP contribution in [0.4, 0.5) is 5.69 Å². The summed E-state index contributed by atoms with van der Waals surface area (Å²) in [5.41, 5.74) is 0.470. The van der Waals surface area contributed by atoms with Crippen LogP contribution in [0.25, 0.3) is 5.76 Å². The first-order valence-electron chi connectivity index (χ1n) is 11.2. The molecule has 1 fully saturated rings. The van der Waals surface area contributed by atoms with Gasteiger partial charge in [0.2, 0.25) is 0 Å². The van der Waals surface area contributed by atoms with E-state index in [2.05, 4.69) is 0 Å². The van der Waals surface area contributed by atoms with E-state index in [4.69, 9.17) is 9.84 Å². The number of benzene rings is 2. The summed E-state index contributed by atoms with van der Waals surface area (Å²) in [4.78, 5) is 48.5. The van der Waals surface area contributed by atoms with Crippen LogP contribution in [-0.4, -0.2) is 50.8 Å². The highest BCUT2D eigenvalue weighted by Crippen LogP contribution is 2.40. The molecule has 1 unspecified atom stereocenters. The number of hydrogen-bond donors (Lipinski definition) is 2. The lowest BCUT2D eigenvalue weighted by molar-refractivity contribution is -0.384. The molecule has 1 amide bonds.